The quantitative estimate of drug-likeness (QED) is 0.630. The van der Waals surface area contributed by atoms with Crippen molar-refractivity contribution >= 4 is 17.3 Å². The fraction of sp³-hybridized carbons (Fsp3) is 0.364. The van der Waals surface area contributed by atoms with Gasteiger partial charge in [-0.1, -0.05) is 0 Å². The van der Waals surface area contributed by atoms with Gasteiger partial charge in [-0.05, 0) is 31.4 Å². The van der Waals surface area contributed by atoms with Gasteiger partial charge in [0.15, 0.2) is 0 Å². The number of nitrogens with one attached hydrogen (secondary N) is 1. The van der Waals surface area contributed by atoms with Gasteiger partial charge in [0.2, 0.25) is 11.7 Å². The predicted molar refractivity (Wildman–Crippen MR) is 62.5 cm³/mol. The zero-order valence-corrected chi connectivity index (χ0v) is 9.48. The van der Waals surface area contributed by atoms with Crippen LogP contribution < -0.4 is 11.1 Å². The first-order chi connectivity index (χ1) is 8.42. The maximum absolute atomic E-state index is 13.1. The second-order valence-electron chi connectivity index (χ2n) is 4.39. The van der Waals surface area contributed by atoms with Crippen LogP contribution in [0.2, 0.25) is 0 Å². The molecule has 1 amide bonds. The highest BCUT2D eigenvalue weighted by atomic mass is 19.1. The van der Waals surface area contributed by atoms with E-state index in [1.165, 1.54) is 6.07 Å². The summed E-state index contributed by atoms with van der Waals surface area (Å²) in [6.45, 7) is 0. The Hall–Kier alpha value is -2.02. The Morgan fingerprint density at radius 1 is 1.50 bits per heavy atom. The number of carbonyl (C=O) groups excluding carboxylic acids is 1. The van der Waals surface area contributed by atoms with E-state index in [1.54, 1.807) is 0 Å². The first-order valence-electron chi connectivity index (χ1n) is 5.47. The lowest BCUT2D eigenvalue weighted by Crippen LogP contribution is -2.56. The normalized spacial score (nSPS) is 16.8. The summed E-state index contributed by atoms with van der Waals surface area (Å²) >= 11 is 0. The van der Waals surface area contributed by atoms with Gasteiger partial charge in [-0.2, -0.15) is 4.39 Å². The Morgan fingerprint density at radius 2 is 2.17 bits per heavy atom. The standard InChI is InChI=1S/C11H12FN3O3/c12-8-3-2-7(6-9(8)15(17)18)14-10(16)11(13)4-1-5-11/h2-3,6H,1,4-5,13H2,(H,14,16). The minimum atomic E-state index is -0.941. The average molecular weight is 253 g/mol. The molecule has 2 rings (SSSR count). The number of hydrogen-bond acceptors (Lipinski definition) is 4. The molecule has 96 valence electrons. The van der Waals surface area contributed by atoms with Crippen LogP contribution in [0.4, 0.5) is 15.8 Å². The highest BCUT2D eigenvalue weighted by Gasteiger charge is 2.40. The first-order valence-corrected chi connectivity index (χ1v) is 5.47. The summed E-state index contributed by atoms with van der Waals surface area (Å²) < 4.78 is 13.1. The third-order valence-corrected chi connectivity index (χ3v) is 3.10. The number of carbonyl (C=O) groups is 1. The maximum atomic E-state index is 13.1. The van der Waals surface area contributed by atoms with E-state index in [0.717, 1.165) is 18.6 Å². The Balaban J connectivity index is 2.17. The van der Waals surface area contributed by atoms with Crippen molar-refractivity contribution < 1.29 is 14.1 Å². The molecule has 18 heavy (non-hydrogen) atoms. The van der Waals surface area contributed by atoms with E-state index in [-0.39, 0.29) is 5.69 Å². The fourth-order valence-corrected chi connectivity index (χ4v) is 1.77. The van der Waals surface area contributed by atoms with Crippen LogP contribution in [0, 0.1) is 15.9 Å². The SMILES string of the molecule is NC1(C(=O)Nc2ccc(F)c([N+](=O)[O-])c2)CCC1. The monoisotopic (exact) mass is 253 g/mol. The number of nitro groups is 1. The van der Waals surface area contributed by atoms with E-state index in [9.17, 15) is 19.3 Å². The minimum absolute atomic E-state index is 0.171. The minimum Gasteiger partial charge on any atom is -0.324 e. The molecule has 0 radical (unpaired) electrons. The lowest BCUT2D eigenvalue weighted by atomic mass is 9.77. The molecular weight excluding hydrogens is 241 g/mol. The van der Waals surface area contributed by atoms with Crippen molar-refractivity contribution in [3.05, 3.63) is 34.1 Å². The first kappa shape index (κ1) is 12.4. The van der Waals surface area contributed by atoms with E-state index in [1.807, 2.05) is 0 Å². The van der Waals surface area contributed by atoms with Gasteiger partial charge in [-0.3, -0.25) is 14.9 Å². The number of nitro benzene ring substituents is 1. The van der Waals surface area contributed by atoms with Crippen LogP contribution in [0.5, 0.6) is 0 Å². The van der Waals surface area contributed by atoms with Crippen molar-refractivity contribution in [2.24, 2.45) is 5.73 Å². The van der Waals surface area contributed by atoms with Crippen molar-refractivity contribution in [3.8, 4) is 0 Å². The van der Waals surface area contributed by atoms with Gasteiger partial charge >= 0.3 is 5.69 Å². The summed E-state index contributed by atoms with van der Waals surface area (Å²) in [6, 6.07) is 3.19. The summed E-state index contributed by atoms with van der Waals surface area (Å²) in [5.41, 5.74) is 4.40. The number of anilines is 1. The molecule has 1 aliphatic rings. The lowest BCUT2D eigenvalue weighted by molar-refractivity contribution is -0.387. The van der Waals surface area contributed by atoms with Crippen molar-refractivity contribution in [2.45, 2.75) is 24.8 Å². The van der Waals surface area contributed by atoms with Gasteiger partial charge in [-0.25, -0.2) is 0 Å². The Morgan fingerprint density at radius 3 is 2.67 bits per heavy atom. The van der Waals surface area contributed by atoms with Crippen LogP contribution in [-0.2, 0) is 4.79 Å². The summed E-state index contributed by atoms with van der Waals surface area (Å²) in [6.07, 6.45) is 2.05. The van der Waals surface area contributed by atoms with Crippen LogP contribution in [0.3, 0.4) is 0 Å². The van der Waals surface area contributed by atoms with E-state index in [2.05, 4.69) is 5.32 Å². The second-order valence-corrected chi connectivity index (χ2v) is 4.39. The lowest BCUT2D eigenvalue weighted by Gasteiger charge is -2.36. The molecule has 3 N–H and O–H groups in total. The molecule has 6 nitrogen and oxygen atoms in total. The zero-order chi connectivity index (χ0) is 13.3. The highest BCUT2D eigenvalue weighted by molar-refractivity contribution is 5.98. The molecular formula is C11H12FN3O3. The molecule has 0 aliphatic heterocycles. The molecule has 7 heteroatoms. The number of amides is 1. The molecule has 1 aromatic carbocycles. The van der Waals surface area contributed by atoms with Gasteiger partial charge in [0, 0.05) is 11.8 Å². The molecule has 0 aromatic heterocycles. The smallest absolute Gasteiger partial charge is 0.306 e. The second kappa shape index (κ2) is 4.34. The van der Waals surface area contributed by atoms with E-state index >= 15 is 0 Å². The highest BCUT2D eigenvalue weighted by Crippen LogP contribution is 2.31. The molecule has 0 spiro atoms. The maximum Gasteiger partial charge on any atom is 0.306 e. The molecule has 1 aromatic rings. The molecule has 0 unspecified atom stereocenters. The third kappa shape index (κ3) is 2.17. The van der Waals surface area contributed by atoms with Gasteiger partial charge in [0.05, 0.1) is 10.5 Å². The molecule has 0 heterocycles. The van der Waals surface area contributed by atoms with Crippen LogP contribution in [-0.4, -0.2) is 16.4 Å². The molecule has 1 fully saturated rings. The topological polar surface area (TPSA) is 98.3 Å². The summed E-state index contributed by atoms with van der Waals surface area (Å²) in [5, 5.41) is 13.0. The van der Waals surface area contributed by atoms with Crippen LogP contribution in [0.25, 0.3) is 0 Å². The summed E-state index contributed by atoms with van der Waals surface area (Å²) in [5.74, 6) is -1.33. The molecule has 1 aliphatic carbocycles. The number of nitrogens with zero attached hydrogens (tertiary/aromatic N) is 1. The Labute approximate surface area is 102 Å². The van der Waals surface area contributed by atoms with Gasteiger partial charge < -0.3 is 11.1 Å². The molecule has 0 saturated heterocycles. The van der Waals surface area contributed by atoms with Crippen molar-refractivity contribution in [1.29, 1.82) is 0 Å². The number of nitrogens with two attached hydrogens (primary N) is 1. The molecule has 1 saturated carbocycles. The van der Waals surface area contributed by atoms with E-state index in [0.29, 0.717) is 12.8 Å². The van der Waals surface area contributed by atoms with Crippen LogP contribution in [0.1, 0.15) is 19.3 Å². The van der Waals surface area contributed by atoms with Crippen LogP contribution >= 0.6 is 0 Å². The Kier molecular flexibility index (Phi) is 3.00. The molecule has 0 bridgehead atoms. The van der Waals surface area contributed by atoms with E-state index in [4.69, 9.17) is 5.73 Å². The zero-order valence-electron chi connectivity index (χ0n) is 9.48. The third-order valence-electron chi connectivity index (χ3n) is 3.10. The van der Waals surface area contributed by atoms with Crippen molar-refractivity contribution in [2.75, 3.05) is 5.32 Å². The predicted octanol–water partition coefficient (Wildman–Crippen LogP) is 1.55. The summed E-state index contributed by atoms with van der Waals surface area (Å²) in [4.78, 5) is 21.5. The van der Waals surface area contributed by atoms with Gasteiger partial charge in [0.25, 0.3) is 0 Å². The van der Waals surface area contributed by atoms with Gasteiger partial charge in [0.1, 0.15) is 0 Å². The van der Waals surface area contributed by atoms with Crippen LogP contribution in [0.15, 0.2) is 18.2 Å². The van der Waals surface area contributed by atoms with Crippen molar-refractivity contribution in [1.82, 2.24) is 0 Å². The van der Waals surface area contributed by atoms with E-state index < -0.39 is 27.9 Å². The largest absolute Gasteiger partial charge is 0.324 e. The number of rotatable bonds is 3. The number of hydrogen-bond donors (Lipinski definition) is 2. The average Bonchev–Trinajstić information content (AvgIpc) is 2.28. The van der Waals surface area contributed by atoms with Gasteiger partial charge in [-0.15, -0.1) is 0 Å². The fourth-order valence-electron chi connectivity index (χ4n) is 1.77. The summed E-state index contributed by atoms with van der Waals surface area (Å²) in [7, 11) is 0. The number of benzene rings is 1. The number of halogens is 1. The Bertz CT molecular complexity index is 514. The molecule has 0 atom stereocenters. The van der Waals surface area contributed by atoms with Crippen molar-refractivity contribution in [3.63, 3.8) is 0 Å².